The number of ether oxygens (including phenoxy) is 1. The van der Waals surface area contributed by atoms with Crippen molar-refractivity contribution in [2.24, 2.45) is 10.9 Å². The number of aliphatic imine (C=N–C) groups is 1. The second kappa shape index (κ2) is 8.02. The van der Waals surface area contributed by atoms with E-state index in [-0.39, 0.29) is 23.5 Å². The van der Waals surface area contributed by atoms with E-state index in [1.807, 2.05) is 30.9 Å². The second-order valence-corrected chi connectivity index (χ2v) is 9.01. The third-order valence-electron chi connectivity index (χ3n) is 5.60. The van der Waals surface area contributed by atoms with Gasteiger partial charge in [-0.25, -0.2) is 0 Å². The molecule has 8 heteroatoms. The van der Waals surface area contributed by atoms with Crippen LogP contribution in [-0.4, -0.2) is 76.0 Å². The van der Waals surface area contributed by atoms with Gasteiger partial charge in [0.25, 0.3) is 0 Å². The summed E-state index contributed by atoms with van der Waals surface area (Å²) in [6.45, 7) is 6.31. The van der Waals surface area contributed by atoms with Gasteiger partial charge >= 0.3 is 0 Å². The highest BCUT2D eigenvalue weighted by atomic mass is 32.2. The Hall–Kier alpha value is -1.61. The first kappa shape index (κ1) is 19.7. The van der Waals surface area contributed by atoms with Crippen LogP contribution in [0.3, 0.4) is 0 Å². The molecule has 1 aromatic rings. The number of rotatable bonds is 2. The number of nitrogens with one attached hydrogen (secondary N) is 1. The number of amides is 1. The highest BCUT2D eigenvalue weighted by molar-refractivity contribution is 8.15. The molecule has 1 aromatic carbocycles. The number of aliphatic hydroxyl groups excluding tert-OH is 2. The first-order chi connectivity index (χ1) is 13.4. The number of hydrogen-bond donors (Lipinski definition) is 3. The molecule has 1 saturated carbocycles. The zero-order chi connectivity index (χ0) is 19.8. The predicted molar refractivity (Wildman–Crippen MR) is 110 cm³/mol. The molecule has 1 amide bonds. The van der Waals surface area contributed by atoms with Crippen molar-refractivity contribution in [2.45, 2.75) is 43.8 Å². The van der Waals surface area contributed by atoms with Crippen LogP contribution in [0.1, 0.15) is 17.5 Å². The fourth-order valence-electron chi connectivity index (χ4n) is 4.28. The van der Waals surface area contributed by atoms with Crippen molar-refractivity contribution in [1.29, 1.82) is 0 Å². The summed E-state index contributed by atoms with van der Waals surface area (Å²) in [6.07, 6.45) is -1.64. The molecule has 0 aromatic heterocycles. The molecule has 0 spiro atoms. The molecule has 0 unspecified atom stereocenters. The molecule has 28 heavy (non-hydrogen) atoms. The zero-order valence-corrected chi connectivity index (χ0v) is 17.0. The number of thioether (sulfide) groups is 1. The van der Waals surface area contributed by atoms with Gasteiger partial charge in [0.1, 0.15) is 6.10 Å². The lowest BCUT2D eigenvalue weighted by atomic mass is 9.80. The summed E-state index contributed by atoms with van der Waals surface area (Å²) >= 11 is 1.50. The third kappa shape index (κ3) is 3.91. The lowest BCUT2D eigenvalue weighted by Crippen LogP contribution is -2.55. The van der Waals surface area contributed by atoms with Gasteiger partial charge < -0.3 is 25.2 Å². The molecule has 3 N–H and O–H groups in total. The molecule has 2 aliphatic heterocycles. The Balaban J connectivity index is 1.52. The van der Waals surface area contributed by atoms with Crippen molar-refractivity contribution in [3.05, 3.63) is 29.3 Å². The van der Waals surface area contributed by atoms with E-state index in [2.05, 4.69) is 16.4 Å². The van der Waals surface area contributed by atoms with Crippen molar-refractivity contribution in [1.82, 2.24) is 4.90 Å². The van der Waals surface area contributed by atoms with Gasteiger partial charge in [0.15, 0.2) is 5.17 Å². The average molecular weight is 406 g/mol. The summed E-state index contributed by atoms with van der Waals surface area (Å²) in [6, 6.07) is 5.70. The fraction of sp³-hybridized carbons (Fsp3) is 0.600. The largest absolute Gasteiger partial charge is 0.390 e. The van der Waals surface area contributed by atoms with E-state index in [1.165, 1.54) is 11.8 Å². The van der Waals surface area contributed by atoms with Crippen LogP contribution in [0.5, 0.6) is 0 Å². The topological polar surface area (TPSA) is 94.4 Å². The minimum Gasteiger partial charge on any atom is -0.390 e. The number of fused-ring (bicyclic) bond motifs is 1. The predicted octanol–water partition coefficient (Wildman–Crippen LogP) is 1.16. The minimum atomic E-state index is -0.954. The van der Waals surface area contributed by atoms with Gasteiger partial charge in [-0.2, -0.15) is 0 Å². The van der Waals surface area contributed by atoms with Gasteiger partial charge in [0.05, 0.1) is 31.3 Å². The normalized spacial score (nSPS) is 32.6. The van der Waals surface area contributed by atoms with Gasteiger partial charge in [-0.15, -0.1) is 0 Å². The lowest BCUT2D eigenvalue weighted by Gasteiger charge is -2.40. The number of morpholine rings is 1. The lowest BCUT2D eigenvalue weighted by molar-refractivity contribution is -0.144. The van der Waals surface area contributed by atoms with Crippen molar-refractivity contribution in [3.63, 3.8) is 0 Å². The van der Waals surface area contributed by atoms with E-state index >= 15 is 0 Å². The monoisotopic (exact) mass is 405 g/mol. The van der Waals surface area contributed by atoms with E-state index in [4.69, 9.17) is 4.74 Å². The number of benzene rings is 1. The Kier molecular flexibility index (Phi) is 5.64. The zero-order valence-electron chi connectivity index (χ0n) is 16.2. The van der Waals surface area contributed by atoms with E-state index in [1.54, 1.807) is 0 Å². The summed E-state index contributed by atoms with van der Waals surface area (Å²) in [4.78, 5) is 19.5. The van der Waals surface area contributed by atoms with Crippen LogP contribution in [0.15, 0.2) is 23.2 Å². The molecule has 0 bridgehead atoms. The maximum absolute atomic E-state index is 13.1. The fourth-order valence-corrected chi connectivity index (χ4v) is 5.65. The van der Waals surface area contributed by atoms with Gasteiger partial charge in [0.2, 0.25) is 5.91 Å². The smallest absolute Gasteiger partial charge is 0.227 e. The van der Waals surface area contributed by atoms with Crippen LogP contribution < -0.4 is 5.32 Å². The average Bonchev–Trinajstić information content (AvgIpc) is 3.08. The first-order valence-electron chi connectivity index (χ1n) is 9.75. The van der Waals surface area contributed by atoms with Gasteiger partial charge in [-0.3, -0.25) is 9.79 Å². The molecule has 5 atom stereocenters. The molecule has 1 aliphatic carbocycles. The first-order valence-corrected chi connectivity index (χ1v) is 10.6. The number of hydrogen-bond acceptors (Lipinski definition) is 7. The number of nitrogens with zero attached hydrogens (tertiary/aromatic N) is 2. The van der Waals surface area contributed by atoms with Crippen molar-refractivity contribution in [3.8, 4) is 0 Å². The Labute approximate surface area is 169 Å². The molecule has 2 heterocycles. The Morgan fingerprint density at radius 2 is 1.89 bits per heavy atom. The van der Waals surface area contributed by atoms with Gasteiger partial charge in [-0.1, -0.05) is 17.8 Å². The summed E-state index contributed by atoms with van der Waals surface area (Å²) < 4.78 is 5.34. The van der Waals surface area contributed by atoms with Gasteiger partial charge in [0, 0.05) is 24.0 Å². The summed E-state index contributed by atoms with van der Waals surface area (Å²) in [7, 11) is 0. The molecule has 152 valence electrons. The van der Waals surface area contributed by atoms with Crippen molar-refractivity contribution in [2.75, 3.05) is 31.6 Å². The van der Waals surface area contributed by atoms with Crippen LogP contribution in [-0.2, 0) is 9.53 Å². The maximum Gasteiger partial charge on any atom is 0.227 e. The quantitative estimate of drug-likeness (QED) is 0.684. The summed E-state index contributed by atoms with van der Waals surface area (Å²) in [5.74, 6) is -0.339. The Morgan fingerprint density at radius 3 is 2.57 bits per heavy atom. The third-order valence-corrected chi connectivity index (χ3v) is 6.91. The van der Waals surface area contributed by atoms with E-state index < -0.39 is 18.2 Å². The van der Waals surface area contributed by atoms with E-state index in [0.29, 0.717) is 31.5 Å². The number of carbonyl (C=O) groups excluding carboxylic acids is 1. The van der Waals surface area contributed by atoms with Gasteiger partial charge in [-0.05, 0) is 43.5 Å². The summed E-state index contributed by atoms with van der Waals surface area (Å²) in [5, 5.41) is 24.7. The molecular weight excluding hydrogens is 378 g/mol. The minimum absolute atomic E-state index is 0.0274. The van der Waals surface area contributed by atoms with Crippen LogP contribution in [0.4, 0.5) is 5.69 Å². The number of carbonyl (C=O) groups is 1. The number of aryl methyl sites for hydroxylation is 2. The van der Waals surface area contributed by atoms with Crippen LogP contribution in [0.25, 0.3) is 0 Å². The molecule has 3 aliphatic rings. The van der Waals surface area contributed by atoms with E-state index in [0.717, 1.165) is 16.8 Å². The Bertz CT molecular complexity index is 760. The second-order valence-electron chi connectivity index (χ2n) is 7.85. The number of anilines is 1. The molecule has 7 nitrogen and oxygen atoms in total. The molecule has 4 rings (SSSR count). The number of aliphatic hydroxyl groups is 2. The standard InChI is InChI=1S/C20H27N3O4S/c1-11-7-12(2)9-13(8-11)21-20-22-16-17(25)15(24)10-14(18(16)28-20)19(26)23-3-5-27-6-4-23/h7-9,14-18,24-25H,3-6,10H2,1-2H3,(H,21,22)/t14-,15+,16-,17-,18+/m0/s1. The Morgan fingerprint density at radius 1 is 1.21 bits per heavy atom. The van der Waals surface area contributed by atoms with Crippen molar-refractivity contribution >= 4 is 28.5 Å². The molecule has 1 saturated heterocycles. The highest BCUT2D eigenvalue weighted by Gasteiger charge is 2.51. The van der Waals surface area contributed by atoms with Crippen LogP contribution in [0, 0.1) is 19.8 Å². The van der Waals surface area contributed by atoms with Crippen LogP contribution >= 0.6 is 11.8 Å². The molecule has 2 fully saturated rings. The maximum atomic E-state index is 13.1. The SMILES string of the molecule is Cc1cc(C)cc(NC2=N[C@H]3[C@@H](O)[C@H](O)C[C@H](C(=O)N4CCOCC4)[C@H]3S2)c1. The molecular formula is C20H27N3O4S. The highest BCUT2D eigenvalue weighted by Crippen LogP contribution is 2.42. The number of amidine groups is 1. The van der Waals surface area contributed by atoms with E-state index in [9.17, 15) is 15.0 Å². The summed E-state index contributed by atoms with van der Waals surface area (Å²) in [5.41, 5.74) is 3.24. The van der Waals surface area contributed by atoms with Crippen molar-refractivity contribution < 1.29 is 19.7 Å². The molecule has 0 radical (unpaired) electrons. The van der Waals surface area contributed by atoms with Crippen LogP contribution in [0.2, 0.25) is 0 Å².